The lowest BCUT2D eigenvalue weighted by atomic mass is 10.3. The highest BCUT2D eigenvalue weighted by molar-refractivity contribution is 5.64. The molecule has 0 aliphatic heterocycles. The average molecular weight is 195 g/mol. The number of nitrogens with one attached hydrogen (secondary N) is 1. The molecule has 0 amide bonds. The van der Waals surface area contributed by atoms with Gasteiger partial charge in [-0.3, -0.25) is 4.98 Å². The van der Waals surface area contributed by atoms with Gasteiger partial charge in [0.1, 0.15) is 0 Å². The minimum absolute atomic E-state index is 0.250. The molecule has 4 heteroatoms. The van der Waals surface area contributed by atoms with Crippen molar-refractivity contribution in [3.63, 3.8) is 0 Å². The Morgan fingerprint density at radius 1 is 1.64 bits per heavy atom. The molecule has 0 aromatic carbocycles. The molecule has 0 bridgehead atoms. The molecule has 1 atom stereocenters. The molecule has 0 aliphatic carbocycles. The maximum atomic E-state index is 5.73. The molecule has 0 radical (unpaired) electrons. The largest absolute Gasteiger partial charge is 0.396 e. The second kappa shape index (κ2) is 5.44. The van der Waals surface area contributed by atoms with E-state index >= 15 is 0 Å². The van der Waals surface area contributed by atoms with Gasteiger partial charge in [-0.15, -0.1) is 0 Å². The SMILES string of the molecule is CCOCC(C)Nc1ccncc1N. The number of rotatable bonds is 5. The van der Waals surface area contributed by atoms with E-state index in [4.69, 9.17) is 10.5 Å². The fourth-order valence-corrected chi connectivity index (χ4v) is 1.14. The lowest BCUT2D eigenvalue weighted by Crippen LogP contribution is -2.22. The zero-order valence-electron chi connectivity index (χ0n) is 8.66. The monoisotopic (exact) mass is 195 g/mol. The van der Waals surface area contributed by atoms with Crippen LogP contribution in [0.4, 0.5) is 11.4 Å². The molecular weight excluding hydrogens is 178 g/mol. The summed E-state index contributed by atoms with van der Waals surface area (Å²) in [6, 6.07) is 2.11. The molecule has 0 saturated carbocycles. The fourth-order valence-electron chi connectivity index (χ4n) is 1.14. The number of nitrogen functional groups attached to an aromatic ring is 1. The second-order valence-corrected chi connectivity index (χ2v) is 3.17. The Labute approximate surface area is 84.5 Å². The summed E-state index contributed by atoms with van der Waals surface area (Å²) in [6.45, 7) is 5.44. The molecule has 3 N–H and O–H groups in total. The minimum atomic E-state index is 0.250. The highest BCUT2D eigenvalue weighted by Gasteiger charge is 2.03. The Hall–Kier alpha value is -1.29. The van der Waals surface area contributed by atoms with Crippen molar-refractivity contribution in [1.82, 2.24) is 4.98 Å². The quantitative estimate of drug-likeness (QED) is 0.747. The molecule has 4 nitrogen and oxygen atoms in total. The molecule has 1 rings (SSSR count). The Morgan fingerprint density at radius 2 is 2.43 bits per heavy atom. The van der Waals surface area contributed by atoms with Crippen LogP contribution >= 0.6 is 0 Å². The minimum Gasteiger partial charge on any atom is -0.396 e. The Bertz CT molecular complexity index is 278. The Kier molecular flexibility index (Phi) is 4.19. The number of hydrogen-bond donors (Lipinski definition) is 2. The maximum absolute atomic E-state index is 5.73. The number of ether oxygens (including phenoxy) is 1. The third kappa shape index (κ3) is 3.22. The first-order valence-electron chi connectivity index (χ1n) is 4.77. The summed E-state index contributed by atoms with van der Waals surface area (Å²) in [4.78, 5) is 3.92. The summed E-state index contributed by atoms with van der Waals surface area (Å²) in [5.41, 5.74) is 7.30. The molecule has 1 aromatic heterocycles. The van der Waals surface area contributed by atoms with Gasteiger partial charge >= 0.3 is 0 Å². The van der Waals surface area contributed by atoms with Crippen LogP contribution in [0.15, 0.2) is 18.5 Å². The van der Waals surface area contributed by atoms with E-state index in [0.29, 0.717) is 12.3 Å². The van der Waals surface area contributed by atoms with Crippen LogP contribution in [0.25, 0.3) is 0 Å². The molecule has 78 valence electrons. The summed E-state index contributed by atoms with van der Waals surface area (Å²) >= 11 is 0. The van der Waals surface area contributed by atoms with Gasteiger partial charge in [0, 0.05) is 18.8 Å². The van der Waals surface area contributed by atoms with Crippen LogP contribution < -0.4 is 11.1 Å². The van der Waals surface area contributed by atoms with E-state index in [2.05, 4.69) is 17.2 Å². The molecule has 1 unspecified atom stereocenters. The van der Waals surface area contributed by atoms with Crippen molar-refractivity contribution in [2.45, 2.75) is 19.9 Å². The first-order valence-corrected chi connectivity index (χ1v) is 4.77. The lowest BCUT2D eigenvalue weighted by Gasteiger charge is -2.15. The van der Waals surface area contributed by atoms with Crippen LogP contribution in [-0.2, 0) is 4.74 Å². The van der Waals surface area contributed by atoms with Crippen LogP contribution in [-0.4, -0.2) is 24.2 Å². The van der Waals surface area contributed by atoms with Crippen LogP contribution in [0, 0.1) is 0 Å². The molecule has 1 aromatic rings. The van der Waals surface area contributed by atoms with Gasteiger partial charge in [0.15, 0.2) is 0 Å². The van der Waals surface area contributed by atoms with E-state index in [0.717, 1.165) is 12.3 Å². The van der Waals surface area contributed by atoms with Gasteiger partial charge in [-0.2, -0.15) is 0 Å². The first kappa shape index (κ1) is 10.8. The van der Waals surface area contributed by atoms with Crippen LogP contribution in [0.1, 0.15) is 13.8 Å². The summed E-state index contributed by atoms with van der Waals surface area (Å²) in [5, 5.41) is 3.25. The molecular formula is C10H17N3O. The lowest BCUT2D eigenvalue weighted by molar-refractivity contribution is 0.141. The number of hydrogen-bond acceptors (Lipinski definition) is 4. The van der Waals surface area contributed by atoms with Crippen molar-refractivity contribution < 1.29 is 4.74 Å². The normalized spacial score (nSPS) is 12.4. The average Bonchev–Trinajstić information content (AvgIpc) is 2.18. The number of anilines is 2. The molecule has 0 spiro atoms. The second-order valence-electron chi connectivity index (χ2n) is 3.17. The van der Waals surface area contributed by atoms with Crippen molar-refractivity contribution in [1.29, 1.82) is 0 Å². The van der Waals surface area contributed by atoms with Gasteiger partial charge in [-0.05, 0) is 19.9 Å². The van der Waals surface area contributed by atoms with Crippen molar-refractivity contribution >= 4 is 11.4 Å². The van der Waals surface area contributed by atoms with Gasteiger partial charge in [0.25, 0.3) is 0 Å². The summed E-state index contributed by atoms with van der Waals surface area (Å²) < 4.78 is 5.29. The van der Waals surface area contributed by atoms with E-state index in [9.17, 15) is 0 Å². The van der Waals surface area contributed by atoms with Crippen LogP contribution in [0.2, 0.25) is 0 Å². The van der Waals surface area contributed by atoms with Crippen molar-refractivity contribution in [2.75, 3.05) is 24.3 Å². The highest BCUT2D eigenvalue weighted by Crippen LogP contribution is 2.16. The molecule has 1 heterocycles. The number of nitrogens with zero attached hydrogens (tertiary/aromatic N) is 1. The van der Waals surface area contributed by atoms with Gasteiger partial charge in [0.2, 0.25) is 0 Å². The standard InChI is InChI=1S/C10H17N3O/c1-3-14-7-8(2)13-10-4-5-12-6-9(10)11/h4-6,8H,3,7,11H2,1-2H3,(H,12,13). The fraction of sp³-hybridized carbons (Fsp3) is 0.500. The van der Waals surface area contributed by atoms with Crippen molar-refractivity contribution in [3.8, 4) is 0 Å². The van der Waals surface area contributed by atoms with E-state index < -0.39 is 0 Å². The smallest absolute Gasteiger partial charge is 0.0736 e. The predicted octanol–water partition coefficient (Wildman–Crippen LogP) is 1.50. The van der Waals surface area contributed by atoms with Gasteiger partial charge in [-0.25, -0.2) is 0 Å². The zero-order chi connectivity index (χ0) is 10.4. The van der Waals surface area contributed by atoms with Crippen LogP contribution in [0.3, 0.4) is 0 Å². The summed E-state index contributed by atoms with van der Waals surface area (Å²) in [7, 11) is 0. The van der Waals surface area contributed by atoms with Gasteiger partial charge in [0.05, 0.1) is 24.2 Å². The summed E-state index contributed by atoms with van der Waals surface area (Å²) in [6.07, 6.45) is 3.35. The highest BCUT2D eigenvalue weighted by atomic mass is 16.5. The van der Waals surface area contributed by atoms with Crippen molar-refractivity contribution in [2.24, 2.45) is 0 Å². The third-order valence-corrected chi connectivity index (χ3v) is 1.83. The van der Waals surface area contributed by atoms with Gasteiger partial charge < -0.3 is 15.8 Å². The predicted molar refractivity (Wildman–Crippen MR) is 58.2 cm³/mol. The number of aromatic nitrogens is 1. The molecule has 0 aliphatic rings. The Morgan fingerprint density at radius 3 is 3.07 bits per heavy atom. The van der Waals surface area contributed by atoms with E-state index in [1.165, 1.54) is 0 Å². The molecule has 14 heavy (non-hydrogen) atoms. The topological polar surface area (TPSA) is 60.2 Å². The van der Waals surface area contributed by atoms with E-state index in [1.807, 2.05) is 13.0 Å². The van der Waals surface area contributed by atoms with E-state index in [-0.39, 0.29) is 6.04 Å². The van der Waals surface area contributed by atoms with Gasteiger partial charge in [-0.1, -0.05) is 0 Å². The first-order chi connectivity index (χ1) is 6.74. The van der Waals surface area contributed by atoms with Crippen molar-refractivity contribution in [3.05, 3.63) is 18.5 Å². The third-order valence-electron chi connectivity index (χ3n) is 1.83. The number of nitrogens with two attached hydrogens (primary N) is 1. The zero-order valence-corrected chi connectivity index (χ0v) is 8.66. The number of pyridine rings is 1. The molecule has 0 saturated heterocycles. The van der Waals surface area contributed by atoms with Crippen LogP contribution in [0.5, 0.6) is 0 Å². The van der Waals surface area contributed by atoms with E-state index in [1.54, 1.807) is 12.4 Å². The maximum Gasteiger partial charge on any atom is 0.0736 e. The Balaban J connectivity index is 2.47. The molecule has 0 fully saturated rings. The summed E-state index contributed by atoms with van der Waals surface area (Å²) in [5.74, 6) is 0.